The first kappa shape index (κ1) is 9.32. The van der Waals surface area contributed by atoms with Crippen LogP contribution in [0.1, 0.15) is 25.7 Å². The molecule has 0 radical (unpaired) electrons. The maximum Gasteiger partial charge on any atom is 0.199 e. The topological polar surface area (TPSA) is 68.0 Å². The smallest absolute Gasteiger partial charge is 0.199 e. The molecule has 0 spiro atoms. The molecule has 1 N–H and O–H groups in total. The van der Waals surface area contributed by atoms with Crippen LogP contribution >= 0.6 is 0 Å². The van der Waals surface area contributed by atoms with Crippen LogP contribution in [0.15, 0.2) is 12.4 Å². The summed E-state index contributed by atoms with van der Waals surface area (Å²) in [4.78, 5) is 4.16. The van der Waals surface area contributed by atoms with Gasteiger partial charge in [-0.25, -0.2) is 0 Å². The quantitative estimate of drug-likeness (QED) is 0.837. The second kappa shape index (κ2) is 3.38. The Bertz CT molecular complexity index is 550. The Hall–Kier alpha value is -1.72. The zero-order valence-corrected chi connectivity index (χ0v) is 9.45. The molecule has 4 rings (SSSR count). The second-order valence-electron chi connectivity index (χ2n) is 5.17. The van der Waals surface area contributed by atoms with Crippen LogP contribution in [0.2, 0.25) is 0 Å². The average molecular weight is 230 g/mol. The molecule has 2 fully saturated rings. The van der Waals surface area contributed by atoms with Crippen LogP contribution in [0, 0.1) is 11.8 Å². The summed E-state index contributed by atoms with van der Waals surface area (Å²) in [5, 5.41) is 15.1. The summed E-state index contributed by atoms with van der Waals surface area (Å²) in [6.45, 7) is 0. The summed E-state index contributed by atoms with van der Waals surface area (Å²) in [5.74, 6) is 2.66. The van der Waals surface area contributed by atoms with Gasteiger partial charge in [0, 0.05) is 6.04 Å². The second-order valence-corrected chi connectivity index (χ2v) is 5.17. The average Bonchev–Trinajstić information content (AvgIpc) is 3.04. The number of aromatic nitrogens is 5. The molecule has 6 heteroatoms. The van der Waals surface area contributed by atoms with Crippen LogP contribution in [0.5, 0.6) is 0 Å². The largest absolute Gasteiger partial charge is 0.366 e. The van der Waals surface area contributed by atoms with Crippen molar-refractivity contribution in [2.75, 3.05) is 5.32 Å². The van der Waals surface area contributed by atoms with Gasteiger partial charge in [0.05, 0.1) is 12.4 Å². The molecule has 3 unspecified atom stereocenters. The minimum Gasteiger partial charge on any atom is -0.366 e. The van der Waals surface area contributed by atoms with Crippen LogP contribution in [-0.2, 0) is 0 Å². The van der Waals surface area contributed by atoms with E-state index in [-0.39, 0.29) is 0 Å². The van der Waals surface area contributed by atoms with Gasteiger partial charge in [-0.3, -0.25) is 4.98 Å². The van der Waals surface area contributed by atoms with Crippen molar-refractivity contribution in [3.8, 4) is 0 Å². The molecule has 2 aliphatic carbocycles. The van der Waals surface area contributed by atoms with E-state index in [0.717, 1.165) is 17.7 Å². The fraction of sp³-hybridized carbons (Fsp3) is 0.636. The maximum absolute atomic E-state index is 4.16. The molecule has 6 nitrogen and oxygen atoms in total. The minimum absolute atomic E-state index is 0.574. The van der Waals surface area contributed by atoms with Gasteiger partial charge in [-0.1, -0.05) is 6.42 Å². The molecule has 2 aromatic heterocycles. The number of rotatable bonds is 2. The van der Waals surface area contributed by atoms with Gasteiger partial charge in [0.2, 0.25) is 0 Å². The number of nitrogens with one attached hydrogen (secondary N) is 1. The Labute approximate surface area is 98.4 Å². The minimum atomic E-state index is 0.574. The van der Waals surface area contributed by atoms with Gasteiger partial charge in [0.25, 0.3) is 0 Å². The molecule has 0 aromatic carbocycles. The number of tetrazole rings is 1. The van der Waals surface area contributed by atoms with Crippen molar-refractivity contribution in [1.29, 1.82) is 0 Å². The van der Waals surface area contributed by atoms with Crippen molar-refractivity contribution in [3.63, 3.8) is 0 Å². The number of hydrogen-bond acceptors (Lipinski definition) is 5. The standard InChI is InChI=1S/C11H14N6/c1-2-8-3-7(1)4-9(8)13-10-5-12-6-11-14-15-16-17(10)11/h5-9,13H,1-4H2. The molecular formula is C11H14N6. The zero-order chi connectivity index (χ0) is 11.2. The van der Waals surface area contributed by atoms with Crippen LogP contribution in [-0.4, -0.2) is 31.1 Å². The van der Waals surface area contributed by atoms with Crippen LogP contribution in [0.4, 0.5) is 5.82 Å². The lowest BCUT2D eigenvalue weighted by atomic mass is 9.95. The van der Waals surface area contributed by atoms with Crippen molar-refractivity contribution in [2.24, 2.45) is 11.8 Å². The third-order valence-electron chi connectivity index (χ3n) is 4.18. The molecule has 0 aliphatic heterocycles. The molecule has 2 heterocycles. The Morgan fingerprint density at radius 1 is 1.24 bits per heavy atom. The van der Waals surface area contributed by atoms with Gasteiger partial charge in [0.15, 0.2) is 11.5 Å². The lowest BCUT2D eigenvalue weighted by molar-refractivity contribution is 0.438. The molecular weight excluding hydrogens is 216 g/mol. The summed E-state index contributed by atoms with van der Waals surface area (Å²) >= 11 is 0. The van der Waals surface area contributed by atoms with E-state index in [9.17, 15) is 0 Å². The fourth-order valence-corrected chi connectivity index (χ4v) is 3.39. The van der Waals surface area contributed by atoms with E-state index in [1.807, 2.05) is 0 Å². The van der Waals surface area contributed by atoms with Gasteiger partial charge in [0.1, 0.15) is 0 Å². The molecule has 88 valence electrons. The molecule has 17 heavy (non-hydrogen) atoms. The first-order valence-electron chi connectivity index (χ1n) is 6.19. The third-order valence-corrected chi connectivity index (χ3v) is 4.18. The highest BCUT2D eigenvalue weighted by atomic mass is 15.5. The van der Waals surface area contributed by atoms with Gasteiger partial charge in [-0.2, -0.15) is 4.52 Å². The van der Waals surface area contributed by atoms with Crippen LogP contribution in [0.25, 0.3) is 5.65 Å². The number of anilines is 1. The van der Waals surface area contributed by atoms with E-state index < -0.39 is 0 Å². The van der Waals surface area contributed by atoms with Crippen LogP contribution in [0.3, 0.4) is 0 Å². The fourth-order valence-electron chi connectivity index (χ4n) is 3.39. The number of fused-ring (bicyclic) bond motifs is 3. The zero-order valence-electron chi connectivity index (χ0n) is 9.45. The Balaban J connectivity index is 1.65. The first-order valence-corrected chi connectivity index (χ1v) is 6.19. The predicted octanol–water partition coefficient (Wildman–Crippen LogP) is 1.12. The molecule has 0 saturated heterocycles. The highest BCUT2D eigenvalue weighted by Gasteiger charge is 2.39. The van der Waals surface area contributed by atoms with Crippen molar-refractivity contribution < 1.29 is 0 Å². The normalized spacial score (nSPS) is 31.2. The van der Waals surface area contributed by atoms with E-state index in [0.29, 0.717) is 11.7 Å². The monoisotopic (exact) mass is 230 g/mol. The van der Waals surface area contributed by atoms with Crippen molar-refractivity contribution in [3.05, 3.63) is 12.4 Å². The predicted molar refractivity (Wildman–Crippen MR) is 61.4 cm³/mol. The molecule has 2 bridgehead atoms. The summed E-state index contributed by atoms with van der Waals surface area (Å²) in [7, 11) is 0. The SMILES string of the molecule is c1ncc2nnnn2c1NC1CC2CCC1C2. The van der Waals surface area contributed by atoms with E-state index in [1.54, 1.807) is 16.9 Å². The number of hydrogen-bond donors (Lipinski definition) is 1. The van der Waals surface area contributed by atoms with E-state index >= 15 is 0 Å². The van der Waals surface area contributed by atoms with Gasteiger partial charge < -0.3 is 5.32 Å². The van der Waals surface area contributed by atoms with Gasteiger partial charge >= 0.3 is 0 Å². The Morgan fingerprint density at radius 3 is 3.06 bits per heavy atom. The summed E-state index contributed by atoms with van der Waals surface area (Å²) < 4.78 is 1.72. The highest BCUT2D eigenvalue weighted by Crippen LogP contribution is 2.45. The maximum atomic E-state index is 4.16. The lowest BCUT2D eigenvalue weighted by Crippen LogP contribution is -2.27. The van der Waals surface area contributed by atoms with E-state index in [2.05, 4.69) is 25.8 Å². The summed E-state index contributed by atoms with van der Waals surface area (Å²) in [6, 6.07) is 0.574. The molecule has 2 aliphatic rings. The molecule has 2 aromatic rings. The molecule has 2 saturated carbocycles. The lowest BCUT2D eigenvalue weighted by Gasteiger charge is -2.23. The van der Waals surface area contributed by atoms with E-state index in [4.69, 9.17) is 0 Å². The van der Waals surface area contributed by atoms with E-state index in [1.165, 1.54) is 25.7 Å². The van der Waals surface area contributed by atoms with Crippen molar-refractivity contribution in [1.82, 2.24) is 25.0 Å². The summed E-state index contributed by atoms with van der Waals surface area (Å²) in [6.07, 6.45) is 8.92. The number of nitrogens with zero attached hydrogens (tertiary/aromatic N) is 5. The van der Waals surface area contributed by atoms with Crippen molar-refractivity contribution >= 4 is 11.5 Å². The van der Waals surface area contributed by atoms with Crippen molar-refractivity contribution in [2.45, 2.75) is 31.7 Å². The van der Waals surface area contributed by atoms with Gasteiger partial charge in [-0.05, 0) is 41.5 Å². The molecule has 0 amide bonds. The Kier molecular flexibility index (Phi) is 1.86. The first-order chi connectivity index (χ1) is 8.40. The molecule has 3 atom stereocenters. The third kappa shape index (κ3) is 1.40. The van der Waals surface area contributed by atoms with Gasteiger partial charge in [-0.15, -0.1) is 5.10 Å². The Morgan fingerprint density at radius 2 is 2.24 bits per heavy atom. The highest BCUT2D eigenvalue weighted by molar-refractivity contribution is 5.44. The summed E-state index contributed by atoms with van der Waals surface area (Å²) in [5.41, 5.74) is 0.693. The van der Waals surface area contributed by atoms with Crippen LogP contribution < -0.4 is 5.32 Å².